The molecule has 4 nitrogen and oxygen atoms in total. The molecule has 5 heteroatoms. The summed E-state index contributed by atoms with van der Waals surface area (Å²) in [5.74, 6) is 0.864. The topological polar surface area (TPSA) is 43.6 Å². The van der Waals surface area contributed by atoms with Crippen LogP contribution in [0.4, 0.5) is 0 Å². The molecule has 0 N–H and O–H groups in total. The highest BCUT2D eigenvalue weighted by Gasteiger charge is 2.15. The normalized spacial score (nSPS) is 11.2. The van der Waals surface area contributed by atoms with E-state index in [0.717, 1.165) is 29.2 Å². The van der Waals surface area contributed by atoms with Gasteiger partial charge in [0, 0.05) is 18.1 Å². The van der Waals surface area contributed by atoms with Gasteiger partial charge in [-0.05, 0) is 48.6 Å². The highest BCUT2D eigenvalue weighted by Crippen LogP contribution is 2.35. The Balaban J connectivity index is 1.90. The van der Waals surface area contributed by atoms with Gasteiger partial charge in [0.05, 0.1) is 21.5 Å². The first-order chi connectivity index (χ1) is 11.3. The van der Waals surface area contributed by atoms with Crippen molar-refractivity contribution in [2.75, 3.05) is 0 Å². The van der Waals surface area contributed by atoms with Gasteiger partial charge in [-0.3, -0.25) is 4.98 Å². The molecule has 4 heterocycles. The predicted octanol–water partition coefficient (Wildman–Crippen LogP) is 4.41. The molecular formula is C18H16N4S. The number of pyridine rings is 2. The molecular weight excluding hydrogens is 304 g/mol. The van der Waals surface area contributed by atoms with Crippen molar-refractivity contribution in [3.05, 3.63) is 60.2 Å². The molecule has 0 radical (unpaired) electrons. The average molecular weight is 320 g/mol. The third kappa shape index (κ3) is 2.43. The monoisotopic (exact) mass is 320 g/mol. The Morgan fingerprint density at radius 3 is 2.91 bits per heavy atom. The van der Waals surface area contributed by atoms with E-state index < -0.39 is 0 Å². The van der Waals surface area contributed by atoms with E-state index in [0.29, 0.717) is 0 Å². The van der Waals surface area contributed by atoms with Gasteiger partial charge in [-0.25, -0.2) is 9.67 Å². The van der Waals surface area contributed by atoms with Crippen LogP contribution in [0.25, 0.3) is 26.5 Å². The number of thiophene rings is 1. The molecule has 114 valence electrons. The number of rotatable bonds is 3. The fraction of sp³-hybridized carbons (Fsp3) is 0.167. The molecule has 0 bridgehead atoms. The van der Waals surface area contributed by atoms with Crippen LogP contribution in [0.1, 0.15) is 18.2 Å². The number of hydrogen-bond donors (Lipinski definition) is 0. The van der Waals surface area contributed by atoms with Gasteiger partial charge in [0.2, 0.25) is 0 Å². The van der Waals surface area contributed by atoms with Crippen LogP contribution in [0.3, 0.4) is 0 Å². The SMILES string of the molecule is CCc1cccc(-n2ncc(C)c2-c2cc3ccncc3s2)n1. The van der Waals surface area contributed by atoms with Crippen LogP contribution < -0.4 is 0 Å². The summed E-state index contributed by atoms with van der Waals surface area (Å²) in [7, 11) is 0. The first-order valence-corrected chi connectivity index (χ1v) is 8.43. The van der Waals surface area contributed by atoms with Crippen LogP contribution in [0.15, 0.2) is 48.9 Å². The lowest BCUT2D eigenvalue weighted by Gasteiger charge is -2.07. The fourth-order valence-corrected chi connectivity index (χ4v) is 3.81. The number of aryl methyl sites for hydroxylation is 2. The summed E-state index contributed by atoms with van der Waals surface area (Å²) in [6.45, 7) is 4.20. The maximum absolute atomic E-state index is 4.71. The summed E-state index contributed by atoms with van der Waals surface area (Å²) in [6.07, 6.45) is 6.56. The Morgan fingerprint density at radius 1 is 1.17 bits per heavy atom. The lowest BCUT2D eigenvalue weighted by Crippen LogP contribution is -2.03. The van der Waals surface area contributed by atoms with Crippen molar-refractivity contribution in [3.63, 3.8) is 0 Å². The highest BCUT2D eigenvalue weighted by molar-refractivity contribution is 7.22. The van der Waals surface area contributed by atoms with E-state index in [-0.39, 0.29) is 0 Å². The van der Waals surface area contributed by atoms with Crippen molar-refractivity contribution < 1.29 is 0 Å². The molecule has 0 amide bonds. The van der Waals surface area contributed by atoms with Gasteiger partial charge in [0.1, 0.15) is 0 Å². The molecule has 23 heavy (non-hydrogen) atoms. The largest absolute Gasteiger partial charge is 0.263 e. The molecule has 4 aromatic rings. The molecule has 0 spiro atoms. The van der Waals surface area contributed by atoms with Crippen molar-refractivity contribution in [1.82, 2.24) is 19.7 Å². The van der Waals surface area contributed by atoms with Crippen LogP contribution in [0, 0.1) is 6.92 Å². The molecule has 0 unspecified atom stereocenters. The summed E-state index contributed by atoms with van der Waals surface area (Å²) < 4.78 is 3.12. The zero-order valence-electron chi connectivity index (χ0n) is 13.0. The van der Waals surface area contributed by atoms with Gasteiger partial charge in [-0.1, -0.05) is 13.0 Å². The first kappa shape index (κ1) is 14.1. The van der Waals surface area contributed by atoms with Crippen LogP contribution in [0.2, 0.25) is 0 Å². The predicted molar refractivity (Wildman–Crippen MR) is 94.1 cm³/mol. The van der Waals surface area contributed by atoms with Gasteiger partial charge >= 0.3 is 0 Å². The summed E-state index contributed by atoms with van der Waals surface area (Å²) in [6, 6.07) is 10.3. The molecule has 0 saturated heterocycles. The van der Waals surface area contributed by atoms with Crippen molar-refractivity contribution in [3.8, 4) is 16.4 Å². The number of aromatic nitrogens is 4. The standard InChI is InChI=1S/C18H16N4S/c1-3-14-5-4-6-17(21-14)22-18(12(2)10-20-22)15-9-13-7-8-19-11-16(13)23-15/h4-11H,3H2,1-2H3. The first-order valence-electron chi connectivity index (χ1n) is 7.61. The summed E-state index contributed by atoms with van der Waals surface area (Å²) in [5.41, 5.74) is 3.32. The van der Waals surface area contributed by atoms with Gasteiger partial charge in [-0.2, -0.15) is 5.10 Å². The van der Waals surface area contributed by atoms with E-state index in [9.17, 15) is 0 Å². The second-order valence-electron chi connectivity index (χ2n) is 5.45. The van der Waals surface area contributed by atoms with Gasteiger partial charge < -0.3 is 0 Å². The third-order valence-corrected chi connectivity index (χ3v) is 4.97. The molecule has 4 rings (SSSR count). The van der Waals surface area contributed by atoms with Crippen LogP contribution >= 0.6 is 11.3 Å². The van der Waals surface area contributed by atoms with Crippen molar-refractivity contribution in [2.24, 2.45) is 0 Å². The molecule has 0 aliphatic carbocycles. The maximum Gasteiger partial charge on any atom is 0.154 e. The zero-order chi connectivity index (χ0) is 15.8. The second-order valence-corrected chi connectivity index (χ2v) is 6.54. The molecule has 0 aliphatic rings. The van der Waals surface area contributed by atoms with E-state index in [1.807, 2.05) is 47.5 Å². The summed E-state index contributed by atoms with van der Waals surface area (Å²) in [5, 5.41) is 5.76. The Labute approximate surface area is 138 Å². The molecule has 4 aromatic heterocycles. The Kier molecular flexibility index (Phi) is 3.42. The summed E-state index contributed by atoms with van der Waals surface area (Å²) >= 11 is 1.74. The smallest absolute Gasteiger partial charge is 0.154 e. The van der Waals surface area contributed by atoms with Crippen molar-refractivity contribution in [2.45, 2.75) is 20.3 Å². The van der Waals surface area contributed by atoms with Crippen molar-refractivity contribution >= 4 is 21.4 Å². The Bertz CT molecular complexity index is 951. The number of fused-ring (bicyclic) bond motifs is 1. The molecule has 0 aromatic carbocycles. The minimum Gasteiger partial charge on any atom is -0.263 e. The van der Waals surface area contributed by atoms with Crippen LogP contribution in [-0.4, -0.2) is 19.7 Å². The van der Waals surface area contributed by atoms with E-state index >= 15 is 0 Å². The van der Waals surface area contributed by atoms with Gasteiger partial charge in [-0.15, -0.1) is 11.3 Å². The van der Waals surface area contributed by atoms with E-state index in [1.165, 1.54) is 15.0 Å². The van der Waals surface area contributed by atoms with Crippen molar-refractivity contribution in [1.29, 1.82) is 0 Å². The minimum absolute atomic E-state index is 0.864. The quantitative estimate of drug-likeness (QED) is 0.561. The van der Waals surface area contributed by atoms with Crippen LogP contribution in [0.5, 0.6) is 0 Å². The van der Waals surface area contributed by atoms with Gasteiger partial charge in [0.25, 0.3) is 0 Å². The van der Waals surface area contributed by atoms with Crippen LogP contribution in [-0.2, 0) is 6.42 Å². The average Bonchev–Trinajstić information content (AvgIpc) is 3.17. The Hall–Kier alpha value is -2.53. The maximum atomic E-state index is 4.71. The molecule has 0 saturated carbocycles. The van der Waals surface area contributed by atoms with E-state index in [4.69, 9.17) is 4.98 Å². The fourth-order valence-electron chi connectivity index (χ4n) is 2.69. The number of nitrogens with zero attached hydrogens (tertiary/aromatic N) is 4. The van der Waals surface area contributed by atoms with E-state index in [1.54, 1.807) is 11.3 Å². The molecule has 0 aliphatic heterocycles. The second kappa shape index (κ2) is 5.59. The number of hydrogen-bond acceptors (Lipinski definition) is 4. The lowest BCUT2D eigenvalue weighted by molar-refractivity contribution is 0.840. The molecule has 0 atom stereocenters. The van der Waals surface area contributed by atoms with E-state index in [2.05, 4.69) is 30.0 Å². The Morgan fingerprint density at radius 2 is 2.09 bits per heavy atom. The molecule has 0 fully saturated rings. The lowest BCUT2D eigenvalue weighted by atomic mass is 10.2. The summed E-state index contributed by atoms with van der Waals surface area (Å²) in [4.78, 5) is 10.1. The van der Waals surface area contributed by atoms with Gasteiger partial charge in [0.15, 0.2) is 5.82 Å². The third-order valence-electron chi connectivity index (χ3n) is 3.88. The highest BCUT2D eigenvalue weighted by atomic mass is 32.1. The zero-order valence-corrected chi connectivity index (χ0v) is 13.8. The minimum atomic E-state index is 0.864.